The number of carbonyl (C=O) groups excluding carboxylic acids is 2. The quantitative estimate of drug-likeness (QED) is 0.540. The largest absolute Gasteiger partial charge is 0.370 e. The average Bonchev–Trinajstić information content (AvgIpc) is 3.52. The van der Waals surface area contributed by atoms with Crippen LogP contribution >= 0.6 is 11.6 Å². The number of fused-ring (bicyclic) bond motifs is 1. The molecule has 1 saturated carbocycles. The predicted molar refractivity (Wildman–Crippen MR) is 128 cm³/mol. The molecule has 2 fully saturated rings. The van der Waals surface area contributed by atoms with Gasteiger partial charge in [0.25, 0.3) is 0 Å². The van der Waals surface area contributed by atoms with Crippen molar-refractivity contribution in [2.24, 2.45) is 5.41 Å². The van der Waals surface area contributed by atoms with Crippen molar-refractivity contribution in [1.82, 2.24) is 15.0 Å². The molecule has 7 nitrogen and oxygen atoms in total. The van der Waals surface area contributed by atoms with Gasteiger partial charge in [-0.2, -0.15) is 0 Å². The Bertz CT molecular complexity index is 1230. The van der Waals surface area contributed by atoms with E-state index in [1.54, 1.807) is 11.1 Å². The summed E-state index contributed by atoms with van der Waals surface area (Å²) in [7, 11) is 0. The molecule has 1 atom stereocenters. The van der Waals surface area contributed by atoms with E-state index >= 15 is 0 Å². The maximum Gasteiger partial charge on any atom is 0.313 e. The van der Waals surface area contributed by atoms with E-state index in [1.807, 2.05) is 51.2 Å². The van der Waals surface area contributed by atoms with Crippen LogP contribution in [0.15, 0.2) is 36.7 Å². The monoisotopic (exact) mass is 466 g/mol. The number of aromatic nitrogens is 2. The first-order chi connectivity index (χ1) is 15.8. The fraction of sp³-hybridized carbons (Fsp3) is 0.400. The topological polar surface area (TPSA) is 78.5 Å². The number of nitrogens with zero attached hydrogens (tertiary/aromatic N) is 3. The summed E-state index contributed by atoms with van der Waals surface area (Å²) in [5, 5.41) is 3.16. The molecule has 1 amide bonds. The van der Waals surface area contributed by atoms with Crippen LogP contribution in [0.1, 0.15) is 45.1 Å². The Labute approximate surface area is 197 Å². The molecule has 0 bridgehead atoms. The minimum Gasteiger partial charge on any atom is -0.370 e. The second kappa shape index (κ2) is 8.15. The summed E-state index contributed by atoms with van der Waals surface area (Å²) in [6, 6.07) is 7.23. The Morgan fingerprint density at radius 3 is 2.73 bits per heavy atom. The van der Waals surface area contributed by atoms with Gasteiger partial charge in [0, 0.05) is 35.6 Å². The first kappa shape index (κ1) is 21.9. The maximum atomic E-state index is 13.5. The van der Waals surface area contributed by atoms with Gasteiger partial charge < -0.3 is 14.7 Å². The zero-order chi connectivity index (χ0) is 23.3. The summed E-state index contributed by atoms with van der Waals surface area (Å²) >= 11 is 6.90. The Kier molecular flexibility index (Phi) is 5.41. The van der Waals surface area contributed by atoms with Gasteiger partial charge in [0.15, 0.2) is 0 Å². The molecule has 1 aliphatic heterocycles. The summed E-state index contributed by atoms with van der Waals surface area (Å²) in [5.41, 5.74) is 4.15. The molecule has 1 saturated heterocycles. The first-order valence-electron chi connectivity index (χ1n) is 11.2. The number of carbonyl (C=O) groups is 2. The average molecular weight is 467 g/mol. The standard InChI is InChI=1S/C25H27ClN4O3/c1-25(2,3)22-24(32)29(9-10-30(22)33-14-31)17-6-4-5-16(11-17)19-13-28-23-20(21(19)26)18(12-27-23)15-7-8-15/h4-6,11-15,22H,7-10H2,1-3H3,(H,27,28). The summed E-state index contributed by atoms with van der Waals surface area (Å²) in [6.07, 6.45) is 6.17. The molecule has 2 aromatic heterocycles. The number of rotatable bonds is 5. The van der Waals surface area contributed by atoms with Crippen molar-refractivity contribution in [3.63, 3.8) is 0 Å². The minimum absolute atomic E-state index is 0.103. The van der Waals surface area contributed by atoms with Gasteiger partial charge in [-0.3, -0.25) is 9.59 Å². The maximum absolute atomic E-state index is 13.5. The lowest BCUT2D eigenvalue weighted by Gasteiger charge is -2.43. The van der Waals surface area contributed by atoms with E-state index < -0.39 is 11.5 Å². The van der Waals surface area contributed by atoms with Crippen LogP contribution in [-0.2, 0) is 14.4 Å². The number of hydrogen-bond acceptors (Lipinski definition) is 5. The lowest BCUT2D eigenvalue weighted by atomic mass is 9.84. The van der Waals surface area contributed by atoms with Crippen LogP contribution < -0.4 is 4.90 Å². The molecular formula is C25H27ClN4O3. The summed E-state index contributed by atoms with van der Waals surface area (Å²) < 4.78 is 0. The molecule has 1 N–H and O–H groups in total. The van der Waals surface area contributed by atoms with Crippen LogP contribution in [0.3, 0.4) is 0 Å². The van der Waals surface area contributed by atoms with Gasteiger partial charge in [-0.1, -0.05) is 44.5 Å². The van der Waals surface area contributed by atoms with Crippen molar-refractivity contribution in [2.75, 3.05) is 18.0 Å². The van der Waals surface area contributed by atoms with Crippen molar-refractivity contribution in [2.45, 2.75) is 45.6 Å². The van der Waals surface area contributed by atoms with Crippen molar-refractivity contribution in [1.29, 1.82) is 0 Å². The van der Waals surface area contributed by atoms with E-state index in [1.165, 1.54) is 23.5 Å². The SMILES string of the molecule is CC(C)(C)C1C(=O)N(c2cccc(-c3cnc4[nH]cc(C5CC5)c4c3Cl)c2)CCN1OC=O. The highest BCUT2D eigenvalue weighted by atomic mass is 35.5. The fourth-order valence-electron chi connectivity index (χ4n) is 4.78. The number of aromatic amines is 1. The molecular weight excluding hydrogens is 440 g/mol. The number of piperazine rings is 1. The highest BCUT2D eigenvalue weighted by Crippen LogP contribution is 2.46. The number of hydrogen-bond donors (Lipinski definition) is 1. The molecule has 33 heavy (non-hydrogen) atoms. The van der Waals surface area contributed by atoms with Crippen LogP contribution in [0, 0.1) is 5.41 Å². The van der Waals surface area contributed by atoms with Crippen LogP contribution in [0.25, 0.3) is 22.2 Å². The Morgan fingerprint density at radius 1 is 1.24 bits per heavy atom. The Balaban J connectivity index is 1.51. The van der Waals surface area contributed by atoms with E-state index in [0.717, 1.165) is 27.8 Å². The summed E-state index contributed by atoms with van der Waals surface area (Å²) in [4.78, 5) is 39.2. The van der Waals surface area contributed by atoms with Crippen LogP contribution in [-0.4, -0.2) is 46.5 Å². The molecule has 0 spiro atoms. The molecule has 8 heteroatoms. The third kappa shape index (κ3) is 3.89. The fourth-order valence-corrected chi connectivity index (χ4v) is 5.13. The molecule has 3 heterocycles. The normalized spacial score (nSPS) is 19.8. The van der Waals surface area contributed by atoms with Gasteiger partial charge in [0.2, 0.25) is 5.91 Å². The zero-order valence-electron chi connectivity index (χ0n) is 19.0. The zero-order valence-corrected chi connectivity index (χ0v) is 19.7. The van der Waals surface area contributed by atoms with Gasteiger partial charge in [0.05, 0.1) is 11.6 Å². The number of hydroxylamine groups is 2. The van der Waals surface area contributed by atoms with Gasteiger partial charge in [-0.15, -0.1) is 5.06 Å². The number of nitrogens with one attached hydrogen (secondary N) is 1. The van der Waals surface area contributed by atoms with E-state index in [-0.39, 0.29) is 5.91 Å². The smallest absolute Gasteiger partial charge is 0.313 e. The molecule has 1 unspecified atom stereocenters. The van der Waals surface area contributed by atoms with E-state index in [4.69, 9.17) is 16.4 Å². The van der Waals surface area contributed by atoms with E-state index in [0.29, 0.717) is 30.5 Å². The van der Waals surface area contributed by atoms with Gasteiger partial charge in [-0.05, 0) is 47.4 Å². The van der Waals surface area contributed by atoms with Crippen molar-refractivity contribution in [3.05, 3.63) is 47.2 Å². The Hall–Kier alpha value is -2.90. The van der Waals surface area contributed by atoms with Crippen molar-refractivity contribution < 1.29 is 14.4 Å². The van der Waals surface area contributed by atoms with Crippen molar-refractivity contribution in [3.8, 4) is 11.1 Å². The van der Waals surface area contributed by atoms with Gasteiger partial charge >= 0.3 is 6.47 Å². The van der Waals surface area contributed by atoms with Crippen LogP contribution in [0.2, 0.25) is 5.02 Å². The summed E-state index contributed by atoms with van der Waals surface area (Å²) in [6.45, 7) is 7.11. The highest BCUT2D eigenvalue weighted by molar-refractivity contribution is 6.38. The van der Waals surface area contributed by atoms with Crippen LogP contribution in [0.4, 0.5) is 5.69 Å². The number of amides is 1. The molecule has 5 rings (SSSR count). The molecule has 1 aromatic carbocycles. The number of H-pyrrole nitrogens is 1. The number of pyridine rings is 1. The van der Waals surface area contributed by atoms with Gasteiger partial charge in [0.1, 0.15) is 11.7 Å². The minimum atomic E-state index is -0.581. The Morgan fingerprint density at radius 2 is 2.03 bits per heavy atom. The molecule has 3 aromatic rings. The summed E-state index contributed by atoms with van der Waals surface area (Å²) in [5.74, 6) is 0.450. The number of anilines is 1. The third-order valence-corrected chi connectivity index (χ3v) is 6.88. The van der Waals surface area contributed by atoms with E-state index in [9.17, 15) is 9.59 Å². The molecule has 0 radical (unpaired) electrons. The second-order valence-electron chi connectivity index (χ2n) is 9.88. The molecule has 1 aliphatic carbocycles. The second-order valence-corrected chi connectivity index (χ2v) is 10.3. The van der Waals surface area contributed by atoms with Crippen molar-refractivity contribution >= 4 is 40.7 Å². The van der Waals surface area contributed by atoms with Crippen LogP contribution in [0.5, 0.6) is 0 Å². The number of halogens is 1. The first-order valence-corrected chi connectivity index (χ1v) is 11.6. The van der Waals surface area contributed by atoms with Gasteiger partial charge in [-0.25, -0.2) is 4.98 Å². The number of benzene rings is 1. The lowest BCUT2D eigenvalue weighted by Crippen LogP contribution is -2.61. The molecule has 2 aliphatic rings. The highest BCUT2D eigenvalue weighted by Gasteiger charge is 2.44. The lowest BCUT2D eigenvalue weighted by molar-refractivity contribution is -0.201. The predicted octanol–water partition coefficient (Wildman–Crippen LogP) is 4.91. The third-order valence-electron chi connectivity index (χ3n) is 6.49. The van der Waals surface area contributed by atoms with E-state index in [2.05, 4.69) is 9.97 Å². The molecule has 172 valence electrons.